The van der Waals surface area contributed by atoms with Gasteiger partial charge in [0, 0.05) is 5.02 Å². The number of hydrogen-bond acceptors (Lipinski definition) is 4. The van der Waals surface area contributed by atoms with Gasteiger partial charge in [0.25, 0.3) is 5.95 Å². The van der Waals surface area contributed by atoms with Gasteiger partial charge in [-0.05, 0) is 24.1 Å². The van der Waals surface area contributed by atoms with Crippen LogP contribution in [0.4, 0.5) is 5.95 Å². The summed E-state index contributed by atoms with van der Waals surface area (Å²) < 4.78 is 27.1. The van der Waals surface area contributed by atoms with Gasteiger partial charge in [-0.3, -0.25) is 0 Å². The fourth-order valence-corrected chi connectivity index (χ4v) is 2.79. The highest BCUT2D eigenvalue weighted by molar-refractivity contribution is 7.92. The lowest BCUT2D eigenvalue weighted by Gasteiger charge is -2.02. The molecule has 0 fully saturated rings. The van der Waals surface area contributed by atoms with Crippen molar-refractivity contribution in [3.8, 4) is 0 Å². The van der Waals surface area contributed by atoms with Crippen molar-refractivity contribution in [1.29, 1.82) is 0 Å². The van der Waals surface area contributed by atoms with Crippen molar-refractivity contribution < 1.29 is 8.42 Å². The molecule has 1 heterocycles. The molecule has 0 aliphatic heterocycles. The number of rotatable bonds is 6. The summed E-state index contributed by atoms with van der Waals surface area (Å²) in [5, 5.41) is 4.74. The smallest absolute Gasteiger partial charge is 0.250 e. The Hall–Kier alpha value is -1.60. The first-order valence-electron chi connectivity index (χ1n) is 6.13. The summed E-state index contributed by atoms with van der Waals surface area (Å²) in [6.07, 6.45) is 2.03. The van der Waals surface area contributed by atoms with E-state index in [-0.39, 0.29) is 11.7 Å². The zero-order valence-corrected chi connectivity index (χ0v) is 12.5. The van der Waals surface area contributed by atoms with E-state index in [0.29, 0.717) is 18.0 Å². The van der Waals surface area contributed by atoms with E-state index in [2.05, 4.69) is 14.8 Å². The van der Waals surface area contributed by atoms with Crippen LogP contribution in [-0.2, 0) is 16.6 Å². The summed E-state index contributed by atoms with van der Waals surface area (Å²) >= 11 is 5.81. The summed E-state index contributed by atoms with van der Waals surface area (Å²) in [4.78, 5) is 3.93. The molecule has 1 N–H and O–H groups in total. The predicted octanol–water partition coefficient (Wildman–Crippen LogP) is 2.13. The van der Waals surface area contributed by atoms with Crippen LogP contribution in [0.3, 0.4) is 0 Å². The highest BCUT2D eigenvalue weighted by Crippen LogP contribution is 2.11. The number of sulfonamides is 1. The van der Waals surface area contributed by atoms with Crippen LogP contribution in [0.25, 0.3) is 0 Å². The molecule has 1 aromatic carbocycles. The number of hydrogen-bond donors (Lipinski definition) is 1. The Morgan fingerprint density at radius 1 is 1.30 bits per heavy atom. The SMILES string of the molecule is CCCS(=O)(=O)Nc1ncn(Cc2ccc(Cl)cc2)n1. The van der Waals surface area contributed by atoms with Crippen LogP contribution in [0.2, 0.25) is 5.02 Å². The zero-order valence-electron chi connectivity index (χ0n) is 11.0. The summed E-state index contributed by atoms with van der Waals surface area (Å²) in [6.45, 7) is 2.30. The van der Waals surface area contributed by atoms with Crippen LogP contribution in [-0.4, -0.2) is 28.9 Å². The molecule has 6 nitrogen and oxygen atoms in total. The molecule has 1 aromatic heterocycles. The lowest BCUT2D eigenvalue weighted by molar-refractivity contribution is 0.599. The molecule has 20 heavy (non-hydrogen) atoms. The largest absolute Gasteiger partial charge is 0.255 e. The highest BCUT2D eigenvalue weighted by Gasteiger charge is 2.11. The molecule has 0 saturated carbocycles. The normalized spacial score (nSPS) is 11.5. The fraction of sp³-hybridized carbons (Fsp3) is 0.333. The molecule has 2 aromatic rings. The molecule has 0 spiro atoms. The first kappa shape index (κ1) is 14.8. The first-order chi connectivity index (χ1) is 9.48. The molecular weight excluding hydrogens is 300 g/mol. The van der Waals surface area contributed by atoms with Crippen LogP contribution >= 0.6 is 11.6 Å². The van der Waals surface area contributed by atoms with Gasteiger partial charge in [0.2, 0.25) is 10.0 Å². The van der Waals surface area contributed by atoms with Crippen LogP contribution < -0.4 is 4.72 Å². The fourth-order valence-electron chi connectivity index (χ4n) is 1.65. The Morgan fingerprint density at radius 2 is 2.00 bits per heavy atom. The van der Waals surface area contributed by atoms with Crippen molar-refractivity contribution in [3.05, 3.63) is 41.2 Å². The topological polar surface area (TPSA) is 76.9 Å². The van der Waals surface area contributed by atoms with Gasteiger partial charge in [-0.2, -0.15) is 4.98 Å². The van der Waals surface area contributed by atoms with Crippen molar-refractivity contribution in [3.63, 3.8) is 0 Å². The van der Waals surface area contributed by atoms with Crippen LogP contribution in [0.5, 0.6) is 0 Å². The lowest BCUT2D eigenvalue weighted by Crippen LogP contribution is -2.17. The van der Waals surface area contributed by atoms with E-state index in [1.807, 2.05) is 12.1 Å². The maximum Gasteiger partial charge on any atom is 0.255 e. The van der Waals surface area contributed by atoms with Crippen molar-refractivity contribution >= 4 is 27.6 Å². The van der Waals surface area contributed by atoms with Gasteiger partial charge in [0.05, 0.1) is 12.3 Å². The number of benzene rings is 1. The Morgan fingerprint density at radius 3 is 2.65 bits per heavy atom. The summed E-state index contributed by atoms with van der Waals surface area (Å²) in [7, 11) is -3.36. The van der Waals surface area contributed by atoms with Gasteiger partial charge in [0.15, 0.2) is 0 Å². The maximum absolute atomic E-state index is 11.6. The molecule has 0 aliphatic carbocycles. The number of anilines is 1. The third kappa shape index (κ3) is 4.21. The monoisotopic (exact) mass is 314 g/mol. The molecule has 0 amide bonds. The maximum atomic E-state index is 11.6. The summed E-state index contributed by atoms with van der Waals surface area (Å²) in [5.74, 6) is 0.144. The van der Waals surface area contributed by atoms with Gasteiger partial charge < -0.3 is 0 Å². The third-order valence-electron chi connectivity index (χ3n) is 2.51. The summed E-state index contributed by atoms with van der Waals surface area (Å²) in [6, 6.07) is 7.34. The molecule has 0 unspecified atom stereocenters. The molecule has 0 saturated heterocycles. The highest BCUT2D eigenvalue weighted by atomic mass is 35.5. The van der Waals surface area contributed by atoms with Crippen molar-refractivity contribution in [2.24, 2.45) is 0 Å². The minimum Gasteiger partial charge on any atom is -0.250 e. The van der Waals surface area contributed by atoms with E-state index >= 15 is 0 Å². The van der Waals surface area contributed by atoms with Crippen molar-refractivity contribution in [2.45, 2.75) is 19.9 Å². The van der Waals surface area contributed by atoms with Gasteiger partial charge in [-0.1, -0.05) is 30.7 Å². The quantitative estimate of drug-likeness (QED) is 0.886. The second kappa shape index (κ2) is 6.23. The number of nitrogens with zero attached hydrogens (tertiary/aromatic N) is 3. The van der Waals surface area contributed by atoms with Crippen molar-refractivity contribution in [2.75, 3.05) is 10.5 Å². The number of halogens is 1. The third-order valence-corrected chi connectivity index (χ3v) is 4.21. The standard InChI is InChI=1S/C12H15ClN4O2S/c1-2-7-20(18,19)16-12-14-9-17(15-12)8-10-3-5-11(13)6-4-10/h3-6,9H,2,7-8H2,1H3,(H,15,16). The molecule has 0 bridgehead atoms. The van der Waals surface area contributed by atoms with Gasteiger partial charge in [-0.15, -0.1) is 5.10 Å². The van der Waals surface area contributed by atoms with E-state index in [1.165, 1.54) is 6.33 Å². The van der Waals surface area contributed by atoms with Gasteiger partial charge >= 0.3 is 0 Å². The van der Waals surface area contributed by atoms with E-state index in [4.69, 9.17) is 11.6 Å². The first-order valence-corrected chi connectivity index (χ1v) is 8.16. The number of nitrogens with one attached hydrogen (secondary N) is 1. The van der Waals surface area contributed by atoms with Crippen LogP contribution in [0.1, 0.15) is 18.9 Å². The van der Waals surface area contributed by atoms with Gasteiger partial charge in [0.1, 0.15) is 6.33 Å². The number of aromatic nitrogens is 3. The Balaban J connectivity index is 2.04. The second-order valence-corrected chi connectivity index (χ2v) is 6.59. The minimum absolute atomic E-state index is 0.0543. The van der Waals surface area contributed by atoms with Gasteiger partial charge in [-0.25, -0.2) is 17.8 Å². The van der Waals surface area contributed by atoms with Crippen LogP contribution in [0.15, 0.2) is 30.6 Å². The molecule has 108 valence electrons. The molecule has 8 heteroatoms. The van der Waals surface area contributed by atoms with Crippen LogP contribution in [0, 0.1) is 0 Å². The Kier molecular flexibility index (Phi) is 4.61. The van der Waals surface area contributed by atoms with E-state index in [1.54, 1.807) is 23.7 Å². The zero-order chi connectivity index (χ0) is 14.6. The van der Waals surface area contributed by atoms with E-state index in [9.17, 15) is 8.42 Å². The average Bonchev–Trinajstić information content (AvgIpc) is 2.78. The molecule has 0 aliphatic rings. The molecule has 0 atom stereocenters. The Bertz CT molecular complexity index is 667. The molecule has 2 rings (SSSR count). The lowest BCUT2D eigenvalue weighted by atomic mass is 10.2. The Labute approximate surface area is 122 Å². The summed E-state index contributed by atoms with van der Waals surface area (Å²) in [5.41, 5.74) is 1.00. The molecule has 0 radical (unpaired) electrons. The van der Waals surface area contributed by atoms with E-state index in [0.717, 1.165) is 5.56 Å². The molecular formula is C12H15ClN4O2S. The second-order valence-electron chi connectivity index (χ2n) is 4.31. The predicted molar refractivity (Wildman–Crippen MR) is 78.3 cm³/mol. The van der Waals surface area contributed by atoms with E-state index < -0.39 is 10.0 Å². The minimum atomic E-state index is -3.36. The van der Waals surface area contributed by atoms with Crippen molar-refractivity contribution in [1.82, 2.24) is 14.8 Å². The average molecular weight is 315 g/mol.